The van der Waals surface area contributed by atoms with Crippen LogP contribution in [0, 0.1) is 5.82 Å². The van der Waals surface area contributed by atoms with Gasteiger partial charge >= 0.3 is 0 Å². The maximum Gasteiger partial charge on any atom is 0.265 e. The van der Waals surface area contributed by atoms with Gasteiger partial charge in [-0.2, -0.15) is 10.1 Å². The fraction of sp³-hybridized carbons (Fsp3) is 0.172. The van der Waals surface area contributed by atoms with Crippen molar-refractivity contribution in [2.24, 2.45) is 7.05 Å². The second-order valence-corrected chi connectivity index (χ2v) is 9.97. The average molecular weight is 522 g/mol. The normalized spacial score (nSPS) is 13.5. The Morgan fingerprint density at radius 3 is 2.77 bits per heavy atom. The Balaban J connectivity index is 1.42. The van der Waals surface area contributed by atoms with Crippen LogP contribution in [0.1, 0.15) is 29.9 Å². The number of fused-ring (bicyclic) bond motifs is 2. The first kappa shape index (κ1) is 23.3. The van der Waals surface area contributed by atoms with Crippen LogP contribution < -0.4 is 11.3 Å². The SMILES string of the molecule is Cn1cc(-c2cc3c(-c4cccc(-n5ccc6cc(C7CC7)cc(F)c6c5=O)c4CO)nc(N)nc3[nH]2)cn1. The molecule has 39 heavy (non-hydrogen) atoms. The summed E-state index contributed by atoms with van der Waals surface area (Å²) in [5.74, 6) is -0.105. The number of aromatic nitrogens is 6. The molecule has 1 aliphatic rings. The monoisotopic (exact) mass is 521 g/mol. The predicted octanol–water partition coefficient (Wildman–Crippen LogP) is 4.42. The number of hydrogen-bond acceptors (Lipinski definition) is 6. The number of H-pyrrole nitrogens is 1. The van der Waals surface area contributed by atoms with Gasteiger partial charge in [0.2, 0.25) is 5.95 Å². The summed E-state index contributed by atoms with van der Waals surface area (Å²) in [6, 6.07) is 12.3. The van der Waals surface area contributed by atoms with E-state index in [2.05, 4.69) is 20.1 Å². The Morgan fingerprint density at radius 1 is 1.18 bits per heavy atom. The van der Waals surface area contributed by atoms with E-state index in [-0.39, 0.29) is 17.9 Å². The maximum atomic E-state index is 15.2. The molecule has 6 aromatic rings. The van der Waals surface area contributed by atoms with E-state index >= 15 is 4.39 Å². The van der Waals surface area contributed by atoms with Gasteiger partial charge in [0.1, 0.15) is 11.5 Å². The first-order valence-corrected chi connectivity index (χ1v) is 12.6. The summed E-state index contributed by atoms with van der Waals surface area (Å²) in [4.78, 5) is 25.7. The Bertz CT molecular complexity index is 1980. The van der Waals surface area contributed by atoms with E-state index in [0.717, 1.165) is 29.7 Å². The lowest BCUT2D eigenvalue weighted by Crippen LogP contribution is -2.20. The molecule has 10 heteroatoms. The predicted molar refractivity (Wildman–Crippen MR) is 147 cm³/mol. The molecule has 0 radical (unpaired) electrons. The van der Waals surface area contributed by atoms with Crippen LogP contribution in [0.5, 0.6) is 0 Å². The molecule has 4 heterocycles. The van der Waals surface area contributed by atoms with Gasteiger partial charge in [0.25, 0.3) is 5.56 Å². The smallest absolute Gasteiger partial charge is 0.265 e. The summed E-state index contributed by atoms with van der Waals surface area (Å²) in [5, 5.41) is 16.0. The summed E-state index contributed by atoms with van der Waals surface area (Å²) < 4.78 is 18.3. The first-order chi connectivity index (χ1) is 18.9. The molecule has 7 rings (SSSR count). The Morgan fingerprint density at radius 2 is 2.03 bits per heavy atom. The van der Waals surface area contributed by atoms with Gasteiger partial charge in [-0.1, -0.05) is 18.2 Å². The van der Waals surface area contributed by atoms with E-state index in [9.17, 15) is 9.90 Å². The number of nitrogen functional groups attached to an aromatic ring is 1. The second-order valence-electron chi connectivity index (χ2n) is 9.97. The van der Waals surface area contributed by atoms with E-state index in [0.29, 0.717) is 44.8 Å². The number of aryl methyl sites for hydroxylation is 1. The van der Waals surface area contributed by atoms with Crippen molar-refractivity contribution < 1.29 is 9.50 Å². The number of aliphatic hydroxyl groups is 1. The molecule has 0 saturated heterocycles. The minimum Gasteiger partial charge on any atom is -0.392 e. The molecule has 0 amide bonds. The molecular weight excluding hydrogens is 497 g/mol. The lowest BCUT2D eigenvalue weighted by atomic mass is 10.00. The number of aromatic amines is 1. The lowest BCUT2D eigenvalue weighted by Gasteiger charge is -2.16. The summed E-state index contributed by atoms with van der Waals surface area (Å²) in [6.07, 6.45) is 7.32. The zero-order chi connectivity index (χ0) is 26.8. The number of nitrogens with two attached hydrogens (primary N) is 1. The highest BCUT2D eigenvalue weighted by Crippen LogP contribution is 2.41. The van der Waals surface area contributed by atoms with Gasteiger partial charge in [-0.05, 0) is 54.0 Å². The third kappa shape index (κ3) is 3.79. The highest BCUT2D eigenvalue weighted by Gasteiger charge is 2.25. The molecule has 0 unspecified atom stereocenters. The standard InChI is InChI=1S/C29H24FN7O2/c1-36-13-18(12-32-36)23-11-20-26(34-29(31)35-27(20)33-23)19-3-2-4-24(21(19)14-38)37-8-7-16-9-17(15-5-6-15)10-22(30)25(16)28(37)39/h2-4,7-13,15,38H,5-6,14H2,1H3,(H3,31,33,34,35). The number of nitrogens with zero attached hydrogens (tertiary/aromatic N) is 5. The highest BCUT2D eigenvalue weighted by molar-refractivity contribution is 5.96. The summed E-state index contributed by atoms with van der Waals surface area (Å²) in [6.45, 7) is -0.385. The lowest BCUT2D eigenvalue weighted by molar-refractivity contribution is 0.282. The molecule has 4 N–H and O–H groups in total. The number of hydrogen-bond donors (Lipinski definition) is 3. The molecule has 0 bridgehead atoms. The van der Waals surface area contributed by atoms with Crippen LogP contribution in [-0.4, -0.2) is 34.4 Å². The van der Waals surface area contributed by atoms with E-state index < -0.39 is 11.4 Å². The van der Waals surface area contributed by atoms with E-state index in [1.807, 2.05) is 31.4 Å². The number of nitrogens with one attached hydrogen (secondary N) is 1. The van der Waals surface area contributed by atoms with Gasteiger partial charge in [-0.25, -0.2) is 9.37 Å². The zero-order valence-electron chi connectivity index (χ0n) is 21.0. The van der Waals surface area contributed by atoms with Crippen molar-refractivity contribution >= 4 is 27.8 Å². The van der Waals surface area contributed by atoms with Crippen molar-refractivity contribution in [3.63, 3.8) is 0 Å². The van der Waals surface area contributed by atoms with Crippen LogP contribution in [0.2, 0.25) is 0 Å². The number of pyridine rings is 1. The van der Waals surface area contributed by atoms with Crippen molar-refractivity contribution in [3.05, 3.63) is 88.4 Å². The molecule has 0 aliphatic heterocycles. The molecule has 194 valence electrons. The van der Waals surface area contributed by atoms with Gasteiger partial charge < -0.3 is 15.8 Å². The quantitative estimate of drug-likeness (QED) is 0.308. The summed E-state index contributed by atoms with van der Waals surface area (Å²) in [5.41, 5.74) is 10.7. The Hall–Kier alpha value is -4.83. The van der Waals surface area contributed by atoms with Crippen LogP contribution in [0.4, 0.5) is 10.3 Å². The van der Waals surface area contributed by atoms with Crippen molar-refractivity contribution in [2.45, 2.75) is 25.4 Å². The Kier molecular flexibility index (Phi) is 5.14. The van der Waals surface area contributed by atoms with Crippen LogP contribution in [-0.2, 0) is 13.7 Å². The first-order valence-electron chi connectivity index (χ1n) is 12.6. The van der Waals surface area contributed by atoms with Crippen molar-refractivity contribution in [3.8, 4) is 28.2 Å². The van der Waals surface area contributed by atoms with Crippen LogP contribution >= 0.6 is 0 Å². The van der Waals surface area contributed by atoms with Crippen LogP contribution in [0.25, 0.3) is 50.0 Å². The van der Waals surface area contributed by atoms with Gasteiger partial charge in [0, 0.05) is 41.5 Å². The highest BCUT2D eigenvalue weighted by atomic mass is 19.1. The minimum atomic E-state index is -0.531. The molecule has 2 aromatic carbocycles. The fourth-order valence-electron chi connectivity index (χ4n) is 5.33. The van der Waals surface area contributed by atoms with Crippen molar-refractivity contribution in [1.82, 2.24) is 29.3 Å². The molecule has 9 nitrogen and oxygen atoms in total. The van der Waals surface area contributed by atoms with Gasteiger partial charge in [-0.3, -0.25) is 14.0 Å². The maximum absolute atomic E-state index is 15.2. The van der Waals surface area contributed by atoms with Gasteiger partial charge in [-0.15, -0.1) is 0 Å². The summed E-state index contributed by atoms with van der Waals surface area (Å²) >= 11 is 0. The van der Waals surface area contributed by atoms with Gasteiger partial charge in [0.05, 0.1) is 35.3 Å². The molecule has 4 aromatic heterocycles. The number of benzene rings is 2. The second kappa shape index (κ2) is 8.60. The molecule has 0 spiro atoms. The Labute approximate surface area is 221 Å². The van der Waals surface area contributed by atoms with Gasteiger partial charge in [0.15, 0.2) is 0 Å². The third-order valence-electron chi connectivity index (χ3n) is 7.37. The largest absolute Gasteiger partial charge is 0.392 e. The average Bonchev–Trinajstić information content (AvgIpc) is 3.55. The topological polar surface area (TPSA) is 128 Å². The fourth-order valence-corrected chi connectivity index (χ4v) is 5.33. The van der Waals surface area contributed by atoms with E-state index in [1.165, 1.54) is 10.6 Å². The molecule has 1 aliphatic carbocycles. The minimum absolute atomic E-state index is 0.0246. The molecule has 0 atom stereocenters. The summed E-state index contributed by atoms with van der Waals surface area (Å²) in [7, 11) is 1.83. The number of rotatable bonds is 5. The van der Waals surface area contributed by atoms with Crippen molar-refractivity contribution in [2.75, 3.05) is 5.73 Å². The number of halogens is 1. The molecular formula is C29H24FN7O2. The number of anilines is 1. The van der Waals surface area contributed by atoms with Crippen LogP contribution in [0.3, 0.4) is 0 Å². The third-order valence-corrected chi connectivity index (χ3v) is 7.37. The molecule has 1 saturated carbocycles. The van der Waals surface area contributed by atoms with Crippen molar-refractivity contribution in [1.29, 1.82) is 0 Å². The zero-order valence-corrected chi connectivity index (χ0v) is 21.0. The van der Waals surface area contributed by atoms with E-state index in [1.54, 1.807) is 35.3 Å². The number of aliphatic hydroxyl groups excluding tert-OH is 1. The van der Waals surface area contributed by atoms with Crippen LogP contribution in [0.15, 0.2) is 65.8 Å². The van der Waals surface area contributed by atoms with E-state index in [4.69, 9.17) is 5.73 Å². The molecule has 1 fully saturated rings.